The molecule has 0 aliphatic rings. The van der Waals surface area contributed by atoms with Gasteiger partial charge in [-0.2, -0.15) is 0 Å². The largest absolute Gasteiger partial charge is 0.492 e. The third kappa shape index (κ3) is 4.80. The van der Waals surface area contributed by atoms with Crippen molar-refractivity contribution in [3.63, 3.8) is 0 Å². The van der Waals surface area contributed by atoms with Crippen molar-refractivity contribution >= 4 is 21.6 Å². The third-order valence-electron chi connectivity index (χ3n) is 3.54. The van der Waals surface area contributed by atoms with E-state index in [9.17, 15) is 17.6 Å². The summed E-state index contributed by atoms with van der Waals surface area (Å²) in [4.78, 5) is 12.1. The fourth-order valence-corrected chi connectivity index (χ4v) is 3.35. The molecule has 0 radical (unpaired) electrons. The summed E-state index contributed by atoms with van der Waals surface area (Å²) in [6.45, 7) is 2.06. The van der Waals surface area contributed by atoms with E-state index in [0.717, 1.165) is 4.31 Å². The predicted molar refractivity (Wildman–Crippen MR) is 97.2 cm³/mol. The molecular formula is C18H21FN2O4S. The van der Waals surface area contributed by atoms with Gasteiger partial charge in [0.15, 0.2) is 0 Å². The number of anilines is 1. The number of carbonyl (C=O) groups is 1. The van der Waals surface area contributed by atoms with Crippen LogP contribution in [0, 0.1) is 5.82 Å². The summed E-state index contributed by atoms with van der Waals surface area (Å²) in [6, 6.07) is 10.1. The first-order valence-corrected chi connectivity index (χ1v) is 9.41. The highest BCUT2D eigenvalue weighted by molar-refractivity contribution is 7.89. The minimum atomic E-state index is -3.75. The lowest BCUT2D eigenvalue weighted by Gasteiger charge is -2.16. The molecule has 0 bridgehead atoms. The molecule has 8 heteroatoms. The van der Waals surface area contributed by atoms with Gasteiger partial charge in [-0.25, -0.2) is 17.1 Å². The molecule has 6 nitrogen and oxygen atoms in total. The number of halogens is 1. The van der Waals surface area contributed by atoms with Crippen LogP contribution < -0.4 is 10.1 Å². The molecule has 26 heavy (non-hydrogen) atoms. The van der Waals surface area contributed by atoms with Crippen LogP contribution in [0.5, 0.6) is 5.75 Å². The van der Waals surface area contributed by atoms with Crippen molar-refractivity contribution in [3.8, 4) is 5.75 Å². The Morgan fingerprint density at radius 3 is 2.54 bits per heavy atom. The Morgan fingerprint density at radius 1 is 1.19 bits per heavy atom. The molecule has 0 saturated heterocycles. The monoisotopic (exact) mass is 380 g/mol. The van der Waals surface area contributed by atoms with Crippen LogP contribution in [0.2, 0.25) is 0 Å². The van der Waals surface area contributed by atoms with Crippen LogP contribution in [-0.4, -0.2) is 39.3 Å². The molecule has 0 heterocycles. The van der Waals surface area contributed by atoms with Crippen molar-refractivity contribution in [2.24, 2.45) is 0 Å². The van der Waals surface area contributed by atoms with Crippen LogP contribution in [0.4, 0.5) is 10.1 Å². The Hall–Kier alpha value is -2.45. The molecule has 2 rings (SSSR count). The molecule has 0 aliphatic carbocycles. The van der Waals surface area contributed by atoms with Gasteiger partial charge < -0.3 is 10.1 Å². The molecule has 2 aromatic carbocycles. The van der Waals surface area contributed by atoms with E-state index in [1.807, 2.05) is 0 Å². The second-order valence-electron chi connectivity index (χ2n) is 5.74. The number of ether oxygens (including phenoxy) is 1. The lowest BCUT2D eigenvalue weighted by Crippen LogP contribution is -2.23. The first kappa shape index (κ1) is 19.9. The normalized spacial score (nSPS) is 11.4. The van der Waals surface area contributed by atoms with Gasteiger partial charge in [0.1, 0.15) is 16.5 Å². The Bertz CT molecular complexity index is 898. The summed E-state index contributed by atoms with van der Waals surface area (Å²) in [6.07, 6.45) is -0.0270. The number of rotatable bonds is 7. The maximum atomic E-state index is 13.2. The van der Waals surface area contributed by atoms with E-state index in [4.69, 9.17) is 4.74 Å². The molecule has 0 fully saturated rings. The van der Waals surface area contributed by atoms with Crippen molar-refractivity contribution in [2.45, 2.75) is 18.2 Å². The van der Waals surface area contributed by atoms with E-state index in [0.29, 0.717) is 17.9 Å². The molecule has 0 saturated carbocycles. The van der Waals surface area contributed by atoms with Gasteiger partial charge in [0.05, 0.1) is 13.0 Å². The lowest BCUT2D eigenvalue weighted by atomic mass is 10.1. The zero-order valence-electron chi connectivity index (χ0n) is 14.8. The number of hydrogen-bond donors (Lipinski definition) is 1. The first-order chi connectivity index (χ1) is 12.2. The maximum Gasteiger partial charge on any atom is 0.246 e. The van der Waals surface area contributed by atoms with Gasteiger partial charge in [0.2, 0.25) is 15.9 Å². The van der Waals surface area contributed by atoms with Crippen molar-refractivity contribution < 1.29 is 22.3 Å². The van der Waals surface area contributed by atoms with Crippen LogP contribution in [-0.2, 0) is 21.2 Å². The number of nitrogens with zero attached hydrogens (tertiary/aromatic N) is 1. The summed E-state index contributed by atoms with van der Waals surface area (Å²) in [5.41, 5.74) is 0.838. The number of sulfonamides is 1. The van der Waals surface area contributed by atoms with Gasteiger partial charge in [0, 0.05) is 19.8 Å². The van der Waals surface area contributed by atoms with Crippen LogP contribution >= 0.6 is 0 Å². The van der Waals surface area contributed by atoms with E-state index >= 15 is 0 Å². The Morgan fingerprint density at radius 2 is 1.92 bits per heavy atom. The molecule has 2 aromatic rings. The van der Waals surface area contributed by atoms with Crippen LogP contribution in [0.3, 0.4) is 0 Å². The minimum Gasteiger partial charge on any atom is -0.492 e. The molecule has 1 amide bonds. The number of carbonyl (C=O) groups excluding carboxylic acids is 1. The topological polar surface area (TPSA) is 75.7 Å². The Kier molecular flexibility index (Phi) is 6.33. The van der Waals surface area contributed by atoms with E-state index in [1.54, 1.807) is 19.1 Å². The smallest absolute Gasteiger partial charge is 0.246 e. The number of amides is 1. The average molecular weight is 380 g/mol. The lowest BCUT2D eigenvalue weighted by molar-refractivity contribution is -0.115. The summed E-state index contributed by atoms with van der Waals surface area (Å²) in [5.74, 6) is -0.590. The SMILES string of the molecule is CCOc1ccc(NC(=O)Cc2cccc(F)c2)cc1S(=O)(=O)N(C)C. The fourth-order valence-electron chi connectivity index (χ4n) is 2.30. The number of hydrogen-bond acceptors (Lipinski definition) is 4. The molecule has 0 unspecified atom stereocenters. The Balaban J connectivity index is 2.26. The predicted octanol–water partition coefficient (Wildman–Crippen LogP) is 2.66. The summed E-state index contributed by atoms with van der Waals surface area (Å²) in [7, 11) is -0.911. The summed E-state index contributed by atoms with van der Waals surface area (Å²) >= 11 is 0. The molecule has 0 aliphatic heterocycles. The zero-order valence-corrected chi connectivity index (χ0v) is 15.6. The van der Waals surface area contributed by atoms with Gasteiger partial charge in [-0.3, -0.25) is 4.79 Å². The number of nitrogens with one attached hydrogen (secondary N) is 1. The van der Waals surface area contributed by atoms with Gasteiger partial charge in [0.25, 0.3) is 0 Å². The van der Waals surface area contributed by atoms with Crippen molar-refractivity contribution in [2.75, 3.05) is 26.0 Å². The summed E-state index contributed by atoms with van der Waals surface area (Å²) in [5, 5.41) is 2.63. The van der Waals surface area contributed by atoms with Crippen LogP contribution in [0.1, 0.15) is 12.5 Å². The summed E-state index contributed by atoms with van der Waals surface area (Å²) < 4.78 is 44.6. The van der Waals surface area contributed by atoms with Crippen molar-refractivity contribution in [3.05, 3.63) is 53.8 Å². The zero-order chi connectivity index (χ0) is 19.3. The van der Waals surface area contributed by atoms with E-state index in [-0.39, 0.29) is 23.0 Å². The highest BCUT2D eigenvalue weighted by atomic mass is 32.2. The average Bonchev–Trinajstić information content (AvgIpc) is 2.56. The van der Waals surface area contributed by atoms with Crippen LogP contribution in [0.15, 0.2) is 47.4 Å². The van der Waals surface area contributed by atoms with E-state index in [1.165, 1.54) is 44.4 Å². The molecular weight excluding hydrogens is 359 g/mol. The first-order valence-electron chi connectivity index (χ1n) is 7.97. The molecule has 0 atom stereocenters. The third-order valence-corrected chi connectivity index (χ3v) is 5.38. The fraction of sp³-hybridized carbons (Fsp3) is 0.278. The van der Waals surface area contributed by atoms with Gasteiger partial charge in [-0.15, -0.1) is 0 Å². The molecule has 140 valence electrons. The highest BCUT2D eigenvalue weighted by Crippen LogP contribution is 2.29. The van der Waals surface area contributed by atoms with E-state index in [2.05, 4.69) is 5.32 Å². The standard InChI is InChI=1S/C18H21FN2O4S/c1-4-25-16-9-8-15(12-17(16)26(23,24)21(2)3)20-18(22)11-13-6-5-7-14(19)10-13/h5-10,12H,4,11H2,1-3H3,(H,20,22). The number of benzene rings is 2. The van der Waals surface area contributed by atoms with Gasteiger partial charge >= 0.3 is 0 Å². The van der Waals surface area contributed by atoms with Crippen LogP contribution in [0.25, 0.3) is 0 Å². The maximum absolute atomic E-state index is 13.2. The Labute approximate surface area is 152 Å². The van der Waals surface area contributed by atoms with Gasteiger partial charge in [-0.05, 0) is 42.8 Å². The highest BCUT2D eigenvalue weighted by Gasteiger charge is 2.23. The van der Waals surface area contributed by atoms with Crippen molar-refractivity contribution in [1.82, 2.24) is 4.31 Å². The molecule has 0 aromatic heterocycles. The van der Waals surface area contributed by atoms with Crippen molar-refractivity contribution in [1.29, 1.82) is 0 Å². The minimum absolute atomic E-state index is 0.0270. The second-order valence-corrected chi connectivity index (χ2v) is 7.86. The second kappa shape index (κ2) is 8.29. The quantitative estimate of drug-likeness (QED) is 0.801. The molecule has 1 N–H and O–H groups in total. The van der Waals surface area contributed by atoms with Gasteiger partial charge in [-0.1, -0.05) is 12.1 Å². The molecule has 0 spiro atoms. The van der Waals surface area contributed by atoms with E-state index < -0.39 is 15.8 Å².